The van der Waals surface area contributed by atoms with Gasteiger partial charge in [0.25, 0.3) is 0 Å². The van der Waals surface area contributed by atoms with Crippen LogP contribution in [-0.4, -0.2) is 52.4 Å². The van der Waals surface area contributed by atoms with E-state index >= 15 is 0 Å². The van der Waals surface area contributed by atoms with Gasteiger partial charge in [-0.3, -0.25) is 14.4 Å². The van der Waals surface area contributed by atoms with Crippen molar-refractivity contribution in [3.8, 4) is 0 Å². The lowest BCUT2D eigenvalue weighted by molar-refractivity contribution is -0.145. The Hall–Kier alpha value is -3.10. The second kappa shape index (κ2) is 16.5. The summed E-state index contributed by atoms with van der Waals surface area (Å²) in [6, 6.07) is 5.51. The topological polar surface area (TPSA) is 131 Å². The standard InChI is InChI=1S/C33H54N4O5/c1-8-24-16-18-25(19-17-24)29(30(39)35-26-12-10-9-11-13-26)37(23(4)15-14-22(2)3)31(40)27(20-21-28(34)38)36-32(41)42-33(5,6)7/h16-19,22-23,26-27,29H,8-15,20-21H2,1-7H3,(H2,34,38)(H,35,39)(H,36,41). The number of nitrogens with two attached hydrogens (primary N) is 1. The molecular weight excluding hydrogens is 532 g/mol. The molecule has 2 rings (SSSR count). The lowest BCUT2D eigenvalue weighted by Gasteiger charge is -2.39. The van der Waals surface area contributed by atoms with Gasteiger partial charge in [-0.2, -0.15) is 0 Å². The Morgan fingerprint density at radius 2 is 1.60 bits per heavy atom. The lowest BCUT2D eigenvalue weighted by atomic mass is 9.93. The number of carbonyl (C=O) groups is 4. The number of ether oxygens (including phenoxy) is 1. The molecule has 4 amide bonds. The van der Waals surface area contributed by atoms with Crippen molar-refractivity contribution in [3.05, 3.63) is 35.4 Å². The van der Waals surface area contributed by atoms with Crippen molar-refractivity contribution in [1.82, 2.24) is 15.5 Å². The van der Waals surface area contributed by atoms with Crippen molar-refractivity contribution in [2.24, 2.45) is 11.7 Å². The summed E-state index contributed by atoms with van der Waals surface area (Å²) >= 11 is 0. The van der Waals surface area contributed by atoms with Gasteiger partial charge in [0, 0.05) is 18.5 Å². The van der Waals surface area contributed by atoms with Gasteiger partial charge in [0.15, 0.2) is 0 Å². The fourth-order valence-corrected chi connectivity index (χ4v) is 5.39. The van der Waals surface area contributed by atoms with E-state index in [1.165, 1.54) is 0 Å². The van der Waals surface area contributed by atoms with Crippen LogP contribution in [-0.2, 0) is 25.5 Å². The number of amides is 4. The first kappa shape index (κ1) is 35.1. The molecule has 1 aromatic carbocycles. The van der Waals surface area contributed by atoms with Crippen molar-refractivity contribution in [3.63, 3.8) is 0 Å². The Morgan fingerprint density at radius 1 is 0.976 bits per heavy atom. The second-order valence-electron chi connectivity index (χ2n) is 13.1. The molecule has 9 nitrogen and oxygen atoms in total. The number of primary amides is 1. The highest BCUT2D eigenvalue weighted by Gasteiger charge is 2.39. The lowest BCUT2D eigenvalue weighted by Crippen LogP contribution is -2.56. The van der Waals surface area contributed by atoms with Crippen molar-refractivity contribution < 1.29 is 23.9 Å². The fraction of sp³-hybridized carbons (Fsp3) is 0.697. The summed E-state index contributed by atoms with van der Waals surface area (Å²) in [7, 11) is 0. The highest BCUT2D eigenvalue weighted by atomic mass is 16.6. The highest BCUT2D eigenvalue weighted by Crippen LogP contribution is 2.29. The zero-order valence-electron chi connectivity index (χ0n) is 26.8. The third-order valence-electron chi connectivity index (χ3n) is 7.74. The predicted octanol–water partition coefficient (Wildman–Crippen LogP) is 5.55. The van der Waals surface area contributed by atoms with Crippen LogP contribution in [0.1, 0.15) is 123 Å². The summed E-state index contributed by atoms with van der Waals surface area (Å²) in [5.74, 6) is -0.864. The maximum absolute atomic E-state index is 14.5. The van der Waals surface area contributed by atoms with Crippen LogP contribution < -0.4 is 16.4 Å². The van der Waals surface area contributed by atoms with E-state index < -0.39 is 35.6 Å². The average molecular weight is 587 g/mol. The first-order chi connectivity index (χ1) is 19.7. The Morgan fingerprint density at radius 3 is 2.12 bits per heavy atom. The first-order valence-corrected chi connectivity index (χ1v) is 15.7. The molecule has 0 bridgehead atoms. The molecule has 1 fully saturated rings. The van der Waals surface area contributed by atoms with E-state index in [-0.39, 0.29) is 30.8 Å². The van der Waals surface area contributed by atoms with Gasteiger partial charge in [0.05, 0.1) is 0 Å². The van der Waals surface area contributed by atoms with E-state index in [1.54, 1.807) is 25.7 Å². The minimum atomic E-state index is -1.10. The van der Waals surface area contributed by atoms with Gasteiger partial charge in [-0.25, -0.2) is 4.79 Å². The minimum absolute atomic E-state index is 0.00739. The maximum Gasteiger partial charge on any atom is 0.408 e. The second-order valence-corrected chi connectivity index (χ2v) is 13.1. The van der Waals surface area contributed by atoms with E-state index in [1.807, 2.05) is 31.2 Å². The Balaban J connectivity index is 2.57. The van der Waals surface area contributed by atoms with Gasteiger partial charge in [-0.1, -0.05) is 64.3 Å². The molecule has 3 atom stereocenters. The summed E-state index contributed by atoms with van der Waals surface area (Å²) in [5.41, 5.74) is 6.50. The molecular formula is C33H54N4O5. The number of carbonyl (C=O) groups excluding carboxylic acids is 4. The number of hydrogen-bond donors (Lipinski definition) is 3. The molecule has 4 N–H and O–H groups in total. The number of rotatable bonds is 14. The summed E-state index contributed by atoms with van der Waals surface area (Å²) in [4.78, 5) is 54.9. The van der Waals surface area contributed by atoms with Gasteiger partial charge in [0.1, 0.15) is 17.7 Å². The van der Waals surface area contributed by atoms with Crippen LogP contribution in [0.15, 0.2) is 24.3 Å². The first-order valence-electron chi connectivity index (χ1n) is 15.7. The van der Waals surface area contributed by atoms with Crippen molar-refractivity contribution in [2.45, 2.75) is 142 Å². The Labute approximate surface area is 252 Å². The van der Waals surface area contributed by atoms with Crippen LogP contribution in [0.4, 0.5) is 4.79 Å². The number of hydrogen-bond acceptors (Lipinski definition) is 5. The summed E-state index contributed by atoms with van der Waals surface area (Å²) < 4.78 is 5.45. The van der Waals surface area contributed by atoms with Gasteiger partial charge in [-0.05, 0) is 83.3 Å². The highest BCUT2D eigenvalue weighted by molar-refractivity contribution is 5.92. The van der Waals surface area contributed by atoms with Crippen LogP contribution in [0.5, 0.6) is 0 Å². The van der Waals surface area contributed by atoms with E-state index in [9.17, 15) is 19.2 Å². The van der Waals surface area contributed by atoms with Crippen molar-refractivity contribution in [1.29, 1.82) is 0 Å². The summed E-state index contributed by atoms with van der Waals surface area (Å²) in [6.07, 6.45) is 6.57. The normalized spacial score (nSPS) is 16.3. The smallest absolute Gasteiger partial charge is 0.408 e. The number of nitrogens with one attached hydrogen (secondary N) is 2. The molecule has 9 heteroatoms. The number of alkyl carbamates (subject to hydrolysis) is 1. The Bertz CT molecular complexity index is 1030. The minimum Gasteiger partial charge on any atom is -0.444 e. The van der Waals surface area contributed by atoms with Gasteiger partial charge >= 0.3 is 6.09 Å². The molecule has 42 heavy (non-hydrogen) atoms. The van der Waals surface area contributed by atoms with Gasteiger partial charge in [-0.15, -0.1) is 0 Å². The zero-order valence-corrected chi connectivity index (χ0v) is 26.8. The Kier molecular flexibility index (Phi) is 13.8. The molecule has 1 aliphatic rings. The largest absolute Gasteiger partial charge is 0.444 e. The van der Waals surface area contributed by atoms with E-state index in [0.29, 0.717) is 17.9 Å². The molecule has 236 valence electrons. The SMILES string of the molecule is CCc1ccc(C(C(=O)NC2CCCCC2)N(C(=O)C(CCC(N)=O)NC(=O)OC(C)(C)C)C(C)CCC(C)C)cc1. The summed E-state index contributed by atoms with van der Waals surface area (Å²) in [5, 5.41) is 5.93. The molecule has 0 heterocycles. The maximum atomic E-state index is 14.5. The monoisotopic (exact) mass is 586 g/mol. The van der Waals surface area contributed by atoms with E-state index in [0.717, 1.165) is 50.5 Å². The fourth-order valence-electron chi connectivity index (χ4n) is 5.39. The molecule has 0 aromatic heterocycles. The molecule has 0 saturated heterocycles. The number of aryl methyl sites for hydroxylation is 1. The molecule has 1 aromatic rings. The third-order valence-corrected chi connectivity index (χ3v) is 7.74. The molecule has 0 aliphatic heterocycles. The van der Waals surface area contributed by atoms with Crippen LogP contribution >= 0.6 is 0 Å². The van der Waals surface area contributed by atoms with Crippen LogP contribution in [0.25, 0.3) is 0 Å². The predicted molar refractivity (Wildman–Crippen MR) is 166 cm³/mol. The molecule has 1 saturated carbocycles. The average Bonchev–Trinajstić information content (AvgIpc) is 2.91. The van der Waals surface area contributed by atoms with Crippen LogP contribution in [0.2, 0.25) is 0 Å². The molecule has 0 spiro atoms. The van der Waals surface area contributed by atoms with Crippen molar-refractivity contribution in [2.75, 3.05) is 0 Å². The number of nitrogens with zero attached hydrogens (tertiary/aromatic N) is 1. The molecule has 0 radical (unpaired) electrons. The molecule has 3 unspecified atom stereocenters. The molecule has 1 aliphatic carbocycles. The van der Waals surface area contributed by atoms with Gasteiger partial charge < -0.3 is 26.0 Å². The third kappa shape index (κ3) is 11.6. The van der Waals surface area contributed by atoms with Crippen LogP contribution in [0, 0.1) is 5.92 Å². The summed E-state index contributed by atoms with van der Waals surface area (Å²) in [6.45, 7) is 13.5. The zero-order chi connectivity index (χ0) is 31.4. The van der Waals surface area contributed by atoms with Gasteiger partial charge in [0.2, 0.25) is 17.7 Å². The van der Waals surface area contributed by atoms with Crippen molar-refractivity contribution >= 4 is 23.8 Å². The quantitative estimate of drug-likeness (QED) is 0.263. The van der Waals surface area contributed by atoms with E-state index in [2.05, 4.69) is 31.4 Å². The van der Waals surface area contributed by atoms with E-state index in [4.69, 9.17) is 10.5 Å². The number of benzene rings is 1. The van der Waals surface area contributed by atoms with Crippen LogP contribution in [0.3, 0.4) is 0 Å².